The predicted molar refractivity (Wildman–Crippen MR) is 61.0 cm³/mol. The monoisotopic (exact) mass is 216 g/mol. The van der Waals surface area contributed by atoms with Crippen LogP contribution in [0.25, 0.3) is 11.0 Å². The third kappa shape index (κ3) is 2.06. The molecule has 0 atom stereocenters. The fourth-order valence-corrected chi connectivity index (χ4v) is 1.31. The fourth-order valence-electron chi connectivity index (χ4n) is 1.31. The molecule has 2 rings (SSSR count). The molecule has 1 N–H and O–H groups in total. The van der Waals surface area contributed by atoms with Gasteiger partial charge in [-0.15, -0.1) is 0 Å². The van der Waals surface area contributed by atoms with E-state index >= 15 is 0 Å². The summed E-state index contributed by atoms with van der Waals surface area (Å²) in [5, 5.41) is 9.10. The molecule has 2 heterocycles. The lowest BCUT2D eigenvalue weighted by Gasteiger charge is -1.98. The van der Waals surface area contributed by atoms with Crippen LogP contribution in [-0.2, 0) is 0 Å². The number of hydrogen-bond donors (Lipinski definition) is 1. The molecule has 0 radical (unpaired) electrons. The molecule has 0 spiro atoms. The van der Waals surface area contributed by atoms with Crippen LogP contribution in [0.4, 0.5) is 0 Å². The highest BCUT2D eigenvalue weighted by molar-refractivity contribution is 5.77. The Morgan fingerprint density at radius 2 is 2.12 bits per heavy atom. The second kappa shape index (κ2) is 5.03. The Hall–Kier alpha value is -2.22. The van der Waals surface area contributed by atoms with Gasteiger partial charge in [-0.3, -0.25) is 4.79 Å². The lowest BCUT2D eigenvalue weighted by Crippen LogP contribution is -2.09. The van der Waals surface area contributed by atoms with Gasteiger partial charge in [0.2, 0.25) is 0 Å². The van der Waals surface area contributed by atoms with E-state index in [0.717, 1.165) is 0 Å². The molecule has 0 aliphatic rings. The zero-order valence-corrected chi connectivity index (χ0v) is 9.40. The largest absolute Gasteiger partial charge is 0.312 e. The van der Waals surface area contributed by atoms with Crippen LogP contribution in [0.5, 0.6) is 0 Å². The van der Waals surface area contributed by atoms with Crippen LogP contribution in [0.2, 0.25) is 0 Å². The summed E-state index contributed by atoms with van der Waals surface area (Å²) in [6, 6.07) is 3.48. The van der Waals surface area contributed by atoms with E-state index in [1.807, 2.05) is 19.9 Å². The second-order valence-corrected chi connectivity index (χ2v) is 2.87. The van der Waals surface area contributed by atoms with E-state index in [2.05, 4.69) is 15.0 Å². The number of H-pyrrole nitrogens is 1. The SMILES string of the molecule is CC.Cc1cc(C#N)nc2nc[nH]c(=O)c12. The normalized spacial score (nSPS) is 9.12. The van der Waals surface area contributed by atoms with E-state index < -0.39 is 0 Å². The lowest BCUT2D eigenvalue weighted by atomic mass is 10.2. The van der Waals surface area contributed by atoms with E-state index in [9.17, 15) is 4.79 Å². The third-order valence-electron chi connectivity index (χ3n) is 1.92. The lowest BCUT2D eigenvalue weighted by molar-refractivity contribution is 1.12. The molecule has 0 amide bonds. The number of nitrogens with one attached hydrogen (secondary N) is 1. The van der Waals surface area contributed by atoms with E-state index in [-0.39, 0.29) is 11.3 Å². The minimum atomic E-state index is -0.232. The molecule has 82 valence electrons. The van der Waals surface area contributed by atoms with Gasteiger partial charge in [0, 0.05) is 0 Å². The van der Waals surface area contributed by atoms with Crippen molar-refractivity contribution in [3.05, 3.63) is 34.0 Å². The Morgan fingerprint density at radius 3 is 2.75 bits per heavy atom. The number of aromatic amines is 1. The Kier molecular flexibility index (Phi) is 3.72. The highest BCUT2D eigenvalue weighted by Gasteiger charge is 2.06. The first-order valence-electron chi connectivity index (χ1n) is 4.97. The summed E-state index contributed by atoms with van der Waals surface area (Å²) in [7, 11) is 0. The average Bonchev–Trinajstić information content (AvgIpc) is 2.31. The number of pyridine rings is 1. The van der Waals surface area contributed by atoms with E-state index in [4.69, 9.17) is 5.26 Å². The van der Waals surface area contributed by atoms with Crippen molar-refractivity contribution in [2.75, 3.05) is 0 Å². The standard InChI is InChI=1S/C9H6N4O.C2H6/c1-5-2-6(3-10)13-8-7(5)9(14)12-4-11-8;1-2/h2,4H,1H3,(H,11,12,13,14);1-2H3. The summed E-state index contributed by atoms with van der Waals surface area (Å²) in [6.45, 7) is 5.75. The van der Waals surface area contributed by atoms with Crippen molar-refractivity contribution < 1.29 is 0 Å². The van der Waals surface area contributed by atoms with Crippen molar-refractivity contribution in [2.24, 2.45) is 0 Å². The van der Waals surface area contributed by atoms with Crippen LogP contribution < -0.4 is 5.56 Å². The van der Waals surface area contributed by atoms with Gasteiger partial charge in [-0.1, -0.05) is 13.8 Å². The molecule has 5 heteroatoms. The number of aryl methyl sites for hydroxylation is 1. The molecule has 0 aromatic carbocycles. The van der Waals surface area contributed by atoms with Crippen molar-refractivity contribution in [2.45, 2.75) is 20.8 Å². The minimum absolute atomic E-state index is 0.232. The second-order valence-electron chi connectivity index (χ2n) is 2.87. The van der Waals surface area contributed by atoms with Gasteiger partial charge in [-0.2, -0.15) is 5.26 Å². The maximum Gasteiger partial charge on any atom is 0.260 e. The quantitative estimate of drug-likeness (QED) is 0.723. The van der Waals surface area contributed by atoms with Gasteiger partial charge in [-0.25, -0.2) is 9.97 Å². The molecule has 2 aromatic heterocycles. The fraction of sp³-hybridized carbons (Fsp3) is 0.273. The molecule has 0 unspecified atom stereocenters. The number of aromatic nitrogens is 3. The van der Waals surface area contributed by atoms with Crippen molar-refractivity contribution in [3.63, 3.8) is 0 Å². The number of hydrogen-bond acceptors (Lipinski definition) is 4. The highest BCUT2D eigenvalue weighted by atomic mass is 16.1. The molecule has 0 saturated heterocycles. The minimum Gasteiger partial charge on any atom is -0.312 e. The van der Waals surface area contributed by atoms with E-state index in [0.29, 0.717) is 16.6 Å². The van der Waals surface area contributed by atoms with Crippen molar-refractivity contribution in [1.29, 1.82) is 5.26 Å². The molecular weight excluding hydrogens is 204 g/mol. The van der Waals surface area contributed by atoms with Crippen molar-refractivity contribution in [1.82, 2.24) is 15.0 Å². The van der Waals surface area contributed by atoms with Crippen molar-refractivity contribution in [3.8, 4) is 6.07 Å². The Morgan fingerprint density at radius 1 is 1.44 bits per heavy atom. The molecule has 0 fully saturated rings. The summed E-state index contributed by atoms with van der Waals surface area (Å²) < 4.78 is 0. The van der Waals surface area contributed by atoms with Crippen LogP contribution in [0.15, 0.2) is 17.2 Å². The van der Waals surface area contributed by atoms with Crippen molar-refractivity contribution >= 4 is 11.0 Å². The Bertz CT molecular complexity index is 595. The zero-order chi connectivity index (χ0) is 12.1. The maximum atomic E-state index is 11.4. The van der Waals surface area contributed by atoms with E-state index in [1.54, 1.807) is 13.0 Å². The van der Waals surface area contributed by atoms with Gasteiger partial charge in [0.15, 0.2) is 5.65 Å². The molecule has 0 bridgehead atoms. The molecule has 16 heavy (non-hydrogen) atoms. The first-order valence-corrected chi connectivity index (χ1v) is 4.97. The van der Waals surface area contributed by atoms with Crippen LogP contribution in [0, 0.1) is 18.3 Å². The summed E-state index contributed by atoms with van der Waals surface area (Å²) in [5.74, 6) is 0. The number of nitriles is 1. The summed E-state index contributed by atoms with van der Waals surface area (Å²) >= 11 is 0. The van der Waals surface area contributed by atoms with Gasteiger partial charge in [0.05, 0.1) is 11.7 Å². The number of rotatable bonds is 0. The summed E-state index contributed by atoms with van der Waals surface area (Å²) in [6.07, 6.45) is 1.28. The first kappa shape index (κ1) is 11.9. The van der Waals surface area contributed by atoms with Gasteiger partial charge in [-0.05, 0) is 18.6 Å². The smallest absolute Gasteiger partial charge is 0.260 e. The molecule has 0 aliphatic heterocycles. The van der Waals surface area contributed by atoms with Crippen LogP contribution in [-0.4, -0.2) is 15.0 Å². The predicted octanol–water partition coefficient (Wildman–Crippen LogP) is 1.52. The van der Waals surface area contributed by atoms with E-state index in [1.165, 1.54) is 6.33 Å². The molecule has 0 saturated carbocycles. The number of fused-ring (bicyclic) bond motifs is 1. The third-order valence-corrected chi connectivity index (χ3v) is 1.92. The number of nitrogens with zero attached hydrogens (tertiary/aromatic N) is 3. The Balaban J connectivity index is 0.000000606. The molecule has 0 aliphatic carbocycles. The topological polar surface area (TPSA) is 82.4 Å². The summed E-state index contributed by atoms with van der Waals surface area (Å²) in [4.78, 5) is 21.7. The molecule has 5 nitrogen and oxygen atoms in total. The van der Waals surface area contributed by atoms with Gasteiger partial charge in [0.1, 0.15) is 11.8 Å². The highest BCUT2D eigenvalue weighted by Crippen LogP contribution is 2.10. The van der Waals surface area contributed by atoms with Gasteiger partial charge >= 0.3 is 0 Å². The zero-order valence-electron chi connectivity index (χ0n) is 9.40. The van der Waals surface area contributed by atoms with Crippen LogP contribution >= 0.6 is 0 Å². The average molecular weight is 216 g/mol. The maximum absolute atomic E-state index is 11.4. The van der Waals surface area contributed by atoms with Crippen LogP contribution in [0.3, 0.4) is 0 Å². The van der Waals surface area contributed by atoms with Crippen LogP contribution in [0.1, 0.15) is 25.1 Å². The van der Waals surface area contributed by atoms with Gasteiger partial charge in [0.25, 0.3) is 5.56 Å². The Labute approximate surface area is 92.8 Å². The first-order chi connectivity index (χ1) is 7.72. The molecule has 2 aromatic rings. The molecular formula is C11H12N4O. The van der Waals surface area contributed by atoms with Gasteiger partial charge < -0.3 is 4.98 Å². The summed E-state index contributed by atoms with van der Waals surface area (Å²) in [5.41, 5.74) is 1.06.